The maximum Gasteiger partial charge on any atom is 0.254 e. The summed E-state index contributed by atoms with van der Waals surface area (Å²) in [6, 6.07) is 5.17. The molecule has 1 amide bonds. The summed E-state index contributed by atoms with van der Waals surface area (Å²) in [6.07, 6.45) is 3.15. The number of rotatable bonds is 5. The summed E-state index contributed by atoms with van der Waals surface area (Å²) in [5, 5.41) is 0. The van der Waals surface area contributed by atoms with Crippen LogP contribution in [0, 0.1) is 0 Å². The van der Waals surface area contributed by atoms with Gasteiger partial charge in [-0.1, -0.05) is 6.92 Å². The van der Waals surface area contributed by atoms with Gasteiger partial charge in [-0.3, -0.25) is 4.79 Å². The summed E-state index contributed by atoms with van der Waals surface area (Å²) in [5.41, 5.74) is 6.96. The number of nitrogen functional groups attached to an aromatic ring is 1. The van der Waals surface area contributed by atoms with Crippen molar-refractivity contribution in [2.24, 2.45) is 0 Å². The van der Waals surface area contributed by atoms with Gasteiger partial charge in [-0.25, -0.2) is 0 Å². The van der Waals surface area contributed by atoms with Gasteiger partial charge in [0.15, 0.2) is 0 Å². The Balaban J connectivity index is 2.03. The molecule has 1 fully saturated rings. The minimum Gasteiger partial charge on any atom is -0.495 e. The van der Waals surface area contributed by atoms with Crippen LogP contribution in [-0.4, -0.2) is 43.7 Å². The minimum absolute atomic E-state index is 0.00847. The average Bonchev–Trinajstić information content (AvgIpc) is 2.52. The molecule has 1 aliphatic rings. The third-order valence-corrected chi connectivity index (χ3v) is 3.70. The topological polar surface area (TPSA) is 64.8 Å². The predicted octanol–water partition coefficient (Wildman–Crippen LogP) is 2.31. The first-order valence-corrected chi connectivity index (χ1v) is 7.50. The van der Waals surface area contributed by atoms with Gasteiger partial charge >= 0.3 is 0 Å². The van der Waals surface area contributed by atoms with Gasteiger partial charge in [0.25, 0.3) is 5.91 Å². The summed E-state index contributed by atoms with van der Waals surface area (Å²) in [6.45, 7) is 4.27. The number of carbonyl (C=O) groups is 1. The highest BCUT2D eigenvalue weighted by atomic mass is 16.5. The van der Waals surface area contributed by atoms with E-state index in [1.54, 1.807) is 25.3 Å². The molecule has 21 heavy (non-hydrogen) atoms. The number of methoxy groups -OCH3 is 1. The molecule has 0 radical (unpaired) electrons. The molecule has 5 nitrogen and oxygen atoms in total. The van der Waals surface area contributed by atoms with Crippen LogP contribution in [0.5, 0.6) is 5.75 Å². The highest BCUT2D eigenvalue weighted by Gasteiger charge is 2.25. The van der Waals surface area contributed by atoms with Gasteiger partial charge < -0.3 is 20.1 Å². The Morgan fingerprint density at radius 3 is 2.95 bits per heavy atom. The SMILES string of the molecule is CCCOC1CCCN(C(=O)c2ccc(OC)c(N)c2)C1. The van der Waals surface area contributed by atoms with Crippen LogP contribution < -0.4 is 10.5 Å². The Labute approximate surface area is 126 Å². The molecular weight excluding hydrogens is 268 g/mol. The maximum absolute atomic E-state index is 12.5. The van der Waals surface area contributed by atoms with E-state index in [1.807, 2.05) is 4.90 Å². The van der Waals surface area contributed by atoms with Gasteiger partial charge in [0.2, 0.25) is 0 Å². The number of ether oxygens (including phenoxy) is 2. The Kier molecular flexibility index (Phi) is 5.44. The smallest absolute Gasteiger partial charge is 0.254 e. The molecule has 5 heteroatoms. The number of hydrogen-bond acceptors (Lipinski definition) is 4. The lowest BCUT2D eigenvalue weighted by Gasteiger charge is -2.32. The quantitative estimate of drug-likeness (QED) is 0.846. The Morgan fingerprint density at radius 1 is 1.48 bits per heavy atom. The fourth-order valence-electron chi connectivity index (χ4n) is 2.59. The third-order valence-electron chi connectivity index (χ3n) is 3.70. The fraction of sp³-hybridized carbons (Fsp3) is 0.562. The van der Waals surface area contributed by atoms with Crippen molar-refractivity contribution in [1.29, 1.82) is 0 Å². The number of hydrogen-bond donors (Lipinski definition) is 1. The van der Waals surface area contributed by atoms with E-state index in [9.17, 15) is 4.79 Å². The Hall–Kier alpha value is -1.75. The standard InChI is InChI=1S/C16H24N2O3/c1-3-9-21-13-5-4-8-18(11-13)16(19)12-6-7-15(20-2)14(17)10-12/h6-7,10,13H,3-5,8-9,11,17H2,1-2H3. The van der Waals surface area contributed by atoms with Gasteiger partial charge in [0.05, 0.1) is 18.9 Å². The monoisotopic (exact) mass is 292 g/mol. The number of piperidine rings is 1. The lowest BCUT2D eigenvalue weighted by molar-refractivity contribution is 0.00211. The molecule has 0 saturated carbocycles. The Bertz CT molecular complexity index is 490. The molecule has 0 aromatic heterocycles. The van der Waals surface area contributed by atoms with E-state index in [1.165, 1.54) is 0 Å². The van der Waals surface area contributed by atoms with Gasteiger partial charge in [0, 0.05) is 25.3 Å². The number of amides is 1. The van der Waals surface area contributed by atoms with E-state index in [0.29, 0.717) is 23.5 Å². The lowest BCUT2D eigenvalue weighted by atomic mass is 10.1. The molecule has 1 saturated heterocycles. The molecule has 1 unspecified atom stereocenters. The van der Waals surface area contributed by atoms with Crippen LogP contribution in [0.15, 0.2) is 18.2 Å². The zero-order chi connectivity index (χ0) is 15.2. The van der Waals surface area contributed by atoms with Crippen molar-refractivity contribution in [3.05, 3.63) is 23.8 Å². The zero-order valence-electron chi connectivity index (χ0n) is 12.8. The van der Waals surface area contributed by atoms with E-state index < -0.39 is 0 Å². The third kappa shape index (κ3) is 3.88. The summed E-state index contributed by atoms with van der Waals surface area (Å²) in [5.74, 6) is 0.600. The van der Waals surface area contributed by atoms with Crippen LogP contribution >= 0.6 is 0 Å². The van der Waals surface area contributed by atoms with Crippen molar-refractivity contribution < 1.29 is 14.3 Å². The van der Waals surface area contributed by atoms with Crippen molar-refractivity contribution >= 4 is 11.6 Å². The molecule has 116 valence electrons. The van der Waals surface area contributed by atoms with Crippen LogP contribution in [0.1, 0.15) is 36.5 Å². The number of anilines is 1. The summed E-state index contributed by atoms with van der Waals surface area (Å²) >= 11 is 0. The maximum atomic E-state index is 12.5. The van der Waals surface area contributed by atoms with Crippen molar-refractivity contribution in [1.82, 2.24) is 4.90 Å². The second-order valence-corrected chi connectivity index (χ2v) is 5.34. The molecule has 0 spiro atoms. The molecule has 0 bridgehead atoms. The van der Waals surface area contributed by atoms with Gasteiger partial charge in [0.1, 0.15) is 5.75 Å². The average molecular weight is 292 g/mol. The number of nitrogens with two attached hydrogens (primary N) is 1. The molecule has 1 atom stereocenters. The van der Waals surface area contributed by atoms with Crippen molar-refractivity contribution in [3.63, 3.8) is 0 Å². The molecule has 2 rings (SSSR count). The van der Waals surface area contributed by atoms with Crippen LogP contribution in [0.4, 0.5) is 5.69 Å². The van der Waals surface area contributed by atoms with E-state index in [2.05, 4.69) is 6.92 Å². The molecular formula is C16H24N2O3. The summed E-state index contributed by atoms with van der Waals surface area (Å²) < 4.78 is 10.9. The molecule has 2 N–H and O–H groups in total. The lowest BCUT2D eigenvalue weighted by Crippen LogP contribution is -2.43. The van der Waals surface area contributed by atoms with E-state index >= 15 is 0 Å². The van der Waals surface area contributed by atoms with Crippen molar-refractivity contribution in [2.45, 2.75) is 32.3 Å². The van der Waals surface area contributed by atoms with Gasteiger partial charge in [-0.15, -0.1) is 0 Å². The van der Waals surface area contributed by atoms with E-state index in [-0.39, 0.29) is 12.0 Å². The predicted molar refractivity (Wildman–Crippen MR) is 82.6 cm³/mol. The second kappa shape index (κ2) is 7.31. The van der Waals surface area contributed by atoms with Crippen LogP contribution in [0.2, 0.25) is 0 Å². The highest BCUT2D eigenvalue weighted by Crippen LogP contribution is 2.24. The molecule has 1 aromatic carbocycles. The minimum atomic E-state index is 0.00847. The first-order valence-electron chi connectivity index (χ1n) is 7.50. The van der Waals surface area contributed by atoms with Gasteiger partial charge in [-0.2, -0.15) is 0 Å². The largest absolute Gasteiger partial charge is 0.495 e. The summed E-state index contributed by atoms with van der Waals surface area (Å²) in [7, 11) is 1.56. The van der Waals surface area contributed by atoms with Crippen molar-refractivity contribution in [3.8, 4) is 5.75 Å². The normalized spacial score (nSPS) is 18.6. The van der Waals surface area contributed by atoms with Gasteiger partial charge in [-0.05, 0) is 37.5 Å². The number of nitrogens with zero attached hydrogens (tertiary/aromatic N) is 1. The fourth-order valence-corrected chi connectivity index (χ4v) is 2.59. The molecule has 1 aliphatic heterocycles. The van der Waals surface area contributed by atoms with E-state index in [4.69, 9.17) is 15.2 Å². The molecule has 0 aliphatic carbocycles. The van der Waals surface area contributed by atoms with Crippen LogP contribution in [-0.2, 0) is 4.74 Å². The van der Waals surface area contributed by atoms with Crippen LogP contribution in [0.3, 0.4) is 0 Å². The first kappa shape index (κ1) is 15.6. The molecule has 1 heterocycles. The zero-order valence-corrected chi connectivity index (χ0v) is 12.8. The first-order chi connectivity index (χ1) is 10.2. The van der Waals surface area contributed by atoms with Crippen LogP contribution in [0.25, 0.3) is 0 Å². The van der Waals surface area contributed by atoms with Crippen molar-refractivity contribution in [2.75, 3.05) is 32.5 Å². The van der Waals surface area contributed by atoms with E-state index in [0.717, 1.165) is 32.4 Å². The number of benzene rings is 1. The summed E-state index contributed by atoms with van der Waals surface area (Å²) in [4.78, 5) is 14.4. The number of carbonyl (C=O) groups excluding carboxylic acids is 1. The highest BCUT2D eigenvalue weighted by molar-refractivity contribution is 5.95. The number of likely N-dealkylation sites (tertiary alicyclic amines) is 1. The molecule has 1 aromatic rings. The second-order valence-electron chi connectivity index (χ2n) is 5.34. The Morgan fingerprint density at radius 2 is 2.29 bits per heavy atom.